The number of hydrogen-bond donors (Lipinski definition) is 1. The van der Waals surface area contributed by atoms with Gasteiger partial charge in [0, 0.05) is 29.2 Å². The molecule has 0 aliphatic carbocycles. The van der Waals surface area contributed by atoms with Crippen molar-refractivity contribution in [2.24, 2.45) is 0 Å². The van der Waals surface area contributed by atoms with Gasteiger partial charge in [0.2, 0.25) is 5.88 Å². The van der Waals surface area contributed by atoms with Crippen molar-refractivity contribution in [1.29, 1.82) is 5.26 Å². The Kier molecular flexibility index (Phi) is 7.52. The molecule has 206 valence electrons. The minimum absolute atomic E-state index is 0.146. The van der Waals surface area contributed by atoms with Gasteiger partial charge in [0.15, 0.2) is 0 Å². The molecule has 1 aromatic carbocycles. The van der Waals surface area contributed by atoms with Crippen LogP contribution in [-0.2, 0) is 24.4 Å². The average Bonchev–Trinajstić information content (AvgIpc) is 3.48. The van der Waals surface area contributed by atoms with Crippen LogP contribution < -0.4 is 4.74 Å². The van der Waals surface area contributed by atoms with Crippen LogP contribution >= 0.6 is 11.3 Å². The third-order valence-electron chi connectivity index (χ3n) is 7.85. The summed E-state index contributed by atoms with van der Waals surface area (Å²) in [6.07, 6.45) is 3.13. The van der Waals surface area contributed by atoms with Crippen molar-refractivity contribution in [3.8, 4) is 11.9 Å². The first kappa shape index (κ1) is 26.4. The van der Waals surface area contributed by atoms with E-state index in [0.29, 0.717) is 36.4 Å². The predicted octanol–water partition coefficient (Wildman–Crippen LogP) is 5.12. The van der Waals surface area contributed by atoms with Crippen LogP contribution in [0.2, 0.25) is 0 Å². The third-order valence-corrected chi connectivity index (χ3v) is 8.97. The molecule has 5 heterocycles. The highest BCUT2D eigenvalue weighted by atomic mass is 32.1. The molecule has 3 aromatic heterocycles. The molecule has 4 aromatic rings. The summed E-state index contributed by atoms with van der Waals surface area (Å²) in [6, 6.07) is 15.2. The third kappa shape index (κ3) is 5.59. The Labute approximate surface area is 236 Å². The van der Waals surface area contributed by atoms with Crippen molar-refractivity contribution < 1.29 is 19.4 Å². The lowest BCUT2D eigenvalue weighted by Gasteiger charge is -2.32. The first-order valence-corrected chi connectivity index (χ1v) is 14.4. The largest absolute Gasteiger partial charge is 0.478 e. The summed E-state index contributed by atoms with van der Waals surface area (Å²) in [5.41, 5.74) is 4.06. The van der Waals surface area contributed by atoms with E-state index in [-0.39, 0.29) is 11.7 Å². The normalized spacial score (nSPS) is 17.9. The van der Waals surface area contributed by atoms with Gasteiger partial charge in [-0.3, -0.25) is 4.90 Å². The Morgan fingerprint density at radius 1 is 1.20 bits per heavy atom. The number of nitrogens with zero attached hydrogens (tertiary/aromatic N) is 5. The minimum Gasteiger partial charge on any atom is -0.478 e. The lowest BCUT2D eigenvalue weighted by atomic mass is 9.93. The first-order chi connectivity index (χ1) is 19.5. The number of ether oxygens (including phenoxy) is 2. The molecule has 0 amide bonds. The van der Waals surface area contributed by atoms with E-state index < -0.39 is 5.97 Å². The number of nitriles is 1. The van der Waals surface area contributed by atoms with Crippen molar-refractivity contribution in [2.75, 3.05) is 19.7 Å². The SMILES string of the molecule is Cc1cc(C#N)sc1COc1cccc(C2CCN(Cc3nc4ccc(C(=O)O)cc4n3C[C@@H]3CCO3)CC2)n1. The molecule has 1 atom stereocenters. The van der Waals surface area contributed by atoms with Gasteiger partial charge in [-0.1, -0.05) is 6.07 Å². The van der Waals surface area contributed by atoms with Crippen molar-refractivity contribution in [3.05, 3.63) is 74.9 Å². The Balaban J connectivity index is 1.11. The lowest BCUT2D eigenvalue weighted by molar-refractivity contribution is -0.0592. The first-order valence-electron chi connectivity index (χ1n) is 13.6. The summed E-state index contributed by atoms with van der Waals surface area (Å²) in [6.45, 7) is 6.42. The van der Waals surface area contributed by atoms with Crippen LogP contribution in [0.5, 0.6) is 5.88 Å². The molecular weight excluding hydrogens is 526 g/mol. The quantitative estimate of drug-likeness (QED) is 0.302. The number of carboxylic acid groups (broad SMARTS) is 1. The van der Waals surface area contributed by atoms with E-state index in [0.717, 1.165) is 72.0 Å². The zero-order valence-electron chi connectivity index (χ0n) is 22.4. The summed E-state index contributed by atoms with van der Waals surface area (Å²) in [5.74, 6) is 0.979. The van der Waals surface area contributed by atoms with Crippen LogP contribution in [0.3, 0.4) is 0 Å². The molecule has 0 spiro atoms. The number of aromatic nitrogens is 3. The van der Waals surface area contributed by atoms with Crippen LogP contribution in [0.25, 0.3) is 11.0 Å². The number of imidazole rings is 1. The number of fused-ring (bicyclic) bond motifs is 1. The number of thiophene rings is 1. The Bertz CT molecular complexity index is 1580. The summed E-state index contributed by atoms with van der Waals surface area (Å²) < 4.78 is 13.8. The number of likely N-dealkylation sites (tertiary alicyclic amines) is 1. The molecule has 2 aliphatic rings. The van der Waals surface area contributed by atoms with E-state index in [4.69, 9.17) is 24.7 Å². The van der Waals surface area contributed by atoms with Crippen molar-refractivity contribution in [1.82, 2.24) is 19.4 Å². The van der Waals surface area contributed by atoms with Gasteiger partial charge in [-0.05, 0) is 75.2 Å². The van der Waals surface area contributed by atoms with Crippen LogP contribution in [0, 0.1) is 18.3 Å². The van der Waals surface area contributed by atoms with Crippen molar-refractivity contribution in [3.63, 3.8) is 0 Å². The van der Waals surface area contributed by atoms with Gasteiger partial charge in [-0.25, -0.2) is 14.8 Å². The summed E-state index contributed by atoms with van der Waals surface area (Å²) in [4.78, 5) is 25.4. The van der Waals surface area contributed by atoms with Gasteiger partial charge in [0.25, 0.3) is 0 Å². The Hall–Kier alpha value is -3.78. The molecule has 40 heavy (non-hydrogen) atoms. The Morgan fingerprint density at radius 3 is 2.73 bits per heavy atom. The van der Waals surface area contributed by atoms with E-state index in [1.807, 2.05) is 25.1 Å². The van der Waals surface area contributed by atoms with Gasteiger partial charge < -0.3 is 19.1 Å². The van der Waals surface area contributed by atoms with E-state index in [1.54, 1.807) is 18.2 Å². The Morgan fingerprint density at radius 2 is 2.02 bits per heavy atom. The van der Waals surface area contributed by atoms with Crippen LogP contribution in [-0.4, -0.2) is 56.3 Å². The van der Waals surface area contributed by atoms with Crippen molar-refractivity contribution in [2.45, 2.75) is 57.9 Å². The predicted molar refractivity (Wildman–Crippen MR) is 151 cm³/mol. The number of carboxylic acids is 1. The second kappa shape index (κ2) is 11.4. The van der Waals surface area contributed by atoms with Crippen LogP contribution in [0.15, 0.2) is 42.5 Å². The molecule has 6 rings (SSSR count). The second-order valence-corrected chi connectivity index (χ2v) is 11.6. The van der Waals surface area contributed by atoms with Gasteiger partial charge in [-0.15, -0.1) is 11.3 Å². The number of rotatable bonds is 9. The number of aromatic carboxylic acids is 1. The number of piperidine rings is 1. The number of pyridine rings is 1. The lowest BCUT2D eigenvalue weighted by Crippen LogP contribution is -2.35. The molecule has 2 saturated heterocycles. The standard InChI is InChI=1S/C30H31N5O4S/c1-19-13-23(15-31)40-27(19)18-39-29-4-2-3-24(33-29)20-7-10-34(11-8-20)17-28-32-25-6-5-21(30(36)37)14-26(25)35(28)16-22-9-12-38-22/h2-6,13-14,20,22H,7-12,16-18H2,1H3,(H,36,37)/t22-/m0/s1. The van der Waals surface area contributed by atoms with Crippen molar-refractivity contribution >= 4 is 28.3 Å². The minimum atomic E-state index is -0.934. The molecule has 0 saturated carbocycles. The summed E-state index contributed by atoms with van der Waals surface area (Å²) >= 11 is 1.46. The molecule has 9 nitrogen and oxygen atoms in total. The monoisotopic (exact) mass is 557 g/mol. The summed E-state index contributed by atoms with van der Waals surface area (Å²) in [5, 5.41) is 18.6. The molecular formula is C30H31N5O4S. The number of aryl methyl sites for hydroxylation is 1. The van der Waals surface area contributed by atoms with E-state index >= 15 is 0 Å². The molecule has 0 bridgehead atoms. The van der Waals surface area contributed by atoms with Crippen LogP contribution in [0.1, 0.15) is 62.4 Å². The zero-order chi connectivity index (χ0) is 27.6. The maximum absolute atomic E-state index is 11.6. The van der Waals surface area contributed by atoms with Gasteiger partial charge >= 0.3 is 5.97 Å². The average molecular weight is 558 g/mol. The smallest absolute Gasteiger partial charge is 0.335 e. The molecule has 10 heteroatoms. The second-order valence-electron chi connectivity index (χ2n) is 10.5. The van der Waals surface area contributed by atoms with Gasteiger partial charge in [0.1, 0.15) is 23.4 Å². The fourth-order valence-electron chi connectivity index (χ4n) is 5.45. The van der Waals surface area contributed by atoms with Crippen LogP contribution in [0.4, 0.5) is 0 Å². The summed E-state index contributed by atoms with van der Waals surface area (Å²) in [7, 11) is 0. The molecule has 0 unspecified atom stereocenters. The highest BCUT2D eigenvalue weighted by Gasteiger charge is 2.26. The number of benzene rings is 1. The highest BCUT2D eigenvalue weighted by Crippen LogP contribution is 2.30. The maximum Gasteiger partial charge on any atom is 0.335 e. The number of carbonyl (C=O) groups is 1. The molecule has 2 aliphatic heterocycles. The fourth-order valence-corrected chi connectivity index (χ4v) is 6.33. The highest BCUT2D eigenvalue weighted by molar-refractivity contribution is 7.12. The molecule has 0 radical (unpaired) electrons. The van der Waals surface area contributed by atoms with Gasteiger partial charge in [0.05, 0.1) is 35.8 Å². The fraction of sp³-hybridized carbons (Fsp3) is 0.400. The molecule has 1 N–H and O–H groups in total. The van der Waals surface area contributed by atoms with Gasteiger partial charge in [-0.2, -0.15) is 5.26 Å². The van der Waals surface area contributed by atoms with E-state index in [2.05, 4.69) is 21.6 Å². The number of hydrogen-bond acceptors (Lipinski definition) is 8. The topological polar surface area (TPSA) is 114 Å². The zero-order valence-corrected chi connectivity index (χ0v) is 23.2. The molecule has 2 fully saturated rings. The maximum atomic E-state index is 11.6. The van der Waals surface area contributed by atoms with E-state index in [1.165, 1.54) is 11.3 Å². The van der Waals surface area contributed by atoms with E-state index in [9.17, 15) is 9.90 Å².